The van der Waals surface area contributed by atoms with E-state index in [2.05, 4.69) is 21.0 Å². The van der Waals surface area contributed by atoms with Gasteiger partial charge in [-0.3, -0.25) is 9.36 Å². The number of aromatic nitrogens is 3. The maximum atomic E-state index is 12.1. The SMILES string of the molecule is N#CCCn1nc(Br)c(=O)n(CCCC(F)(F)F)c1=O. The summed E-state index contributed by atoms with van der Waals surface area (Å²) >= 11 is 2.85. The molecule has 1 aromatic heterocycles. The van der Waals surface area contributed by atoms with Gasteiger partial charge in [0.2, 0.25) is 0 Å². The molecule has 110 valence electrons. The summed E-state index contributed by atoms with van der Waals surface area (Å²) in [7, 11) is 0. The molecule has 0 radical (unpaired) electrons. The maximum absolute atomic E-state index is 12.1. The first-order valence-electron chi connectivity index (χ1n) is 5.57. The van der Waals surface area contributed by atoms with Gasteiger partial charge in [-0.15, -0.1) is 0 Å². The Labute approximate surface area is 119 Å². The minimum Gasteiger partial charge on any atom is -0.266 e. The number of nitriles is 1. The lowest BCUT2D eigenvalue weighted by Crippen LogP contribution is -2.42. The summed E-state index contributed by atoms with van der Waals surface area (Å²) in [5.41, 5.74) is -1.61. The van der Waals surface area contributed by atoms with Gasteiger partial charge in [0.05, 0.1) is 19.0 Å². The van der Waals surface area contributed by atoms with Crippen molar-refractivity contribution in [3.05, 3.63) is 25.4 Å². The maximum Gasteiger partial charge on any atom is 0.389 e. The molecule has 0 bridgehead atoms. The number of rotatable bonds is 5. The van der Waals surface area contributed by atoms with Crippen LogP contribution in [-0.4, -0.2) is 20.5 Å². The average molecular weight is 355 g/mol. The Morgan fingerprint density at radius 1 is 1.30 bits per heavy atom. The summed E-state index contributed by atoms with van der Waals surface area (Å²) in [5, 5.41) is 12.1. The van der Waals surface area contributed by atoms with Crippen LogP contribution < -0.4 is 11.2 Å². The average Bonchev–Trinajstić information content (AvgIpc) is 2.35. The van der Waals surface area contributed by atoms with Crippen molar-refractivity contribution in [3.63, 3.8) is 0 Å². The molecular formula is C10H10BrF3N4O2. The lowest BCUT2D eigenvalue weighted by Gasteiger charge is -2.10. The highest BCUT2D eigenvalue weighted by Gasteiger charge is 2.26. The number of nitrogens with zero attached hydrogens (tertiary/aromatic N) is 4. The molecular weight excluding hydrogens is 345 g/mol. The van der Waals surface area contributed by atoms with Crippen LogP contribution in [0.15, 0.2) is 14.2 Å². The fraction of sp³-hybridized carbons (Fsp3) is 0.600. The van der Waals surface area contributed by atoms with Gasteiger partial charge in [-0.1, -0.05) is 0 Å². The Morgan fingerprint density at radius 3 is 2.50 bits per heavy atom. The molecule has 0 saturated heterocycles. The Bertz CT molecular complexity index is 629. The van der Waals surface area contributed by atoms with Crippen molar-refractivity contribution in [1.82, 2.24) is 14.3 Å². The van der Waals surface area contributed by atoms with E-state index in [0.29, 0.717) is 4.57 Å². The van der Waals surface area contributed by atoms with E-state index >= 15 is 0 Å². The van der Waals surface area contributed by atoms with Crippen molar-refractivity contribution in [2.24, 2.45) is 0 Å². The quantitative estimate of drug-likeness (QED) is 0.800. The summed E-state index contributed by atoms with van der Waals surface area (Å²) in [6.07, 6.45) is -5.81. The molecule has 10 heteroatoms. The molecule has 0 aliphatic carbocycles. The highest BCUT2D eigenvalue weighted by atomic mass is 79.9. The summed E-state index contributed by atoms with van der Waals surface area (Å²) in [6, 6.07) is 1.81. The third kappa shape index (κ3) is 4.48. The topological polar surface area (TPSA) is 80.7 Å². The number of halogens is 4. The van der Waals surface area contributed by atoms with Gasteiger partial charge in [0.1, 0.15) is 0 Å². The van der Waals surface area contributed by atoms with Crippen molar-refractivity contribution in [2.45, 2.75) is 38.5 Å². The Morgan fingerprint density at radius 2 is 1.95 bits per heavy atom. The first kappa shape index (κ1) is 16.4. The van der Waals surface area contributed by atoms with Crippen LogP contribution in [0.1, 0.15) is 19.3 Å². The number of hydrogen-bond donors (Lipinski definition) is 0. The lowest BCUT2D eigenvalue weighted by molar-refractivity contribution is -0.136. The molecule has 0 aliphatic heterocycles. The van der Waals surface area contributed by atoms with Crippen molar-refractivity contribution >= 4 is 15.9 Å². The number of alkyl halides is 3. The summed E-state index contributed by atoms with van der Waals surface area (Å²) in [6.45, 7) is -0.391. The van der Waals surface area contributed by atoms with Crippen LogP contribution in [0.2, 0.25) is 0 Å². The first-order valence-corrected chi connectivity index (χ1v) is 6.36. The number of hydrogen-bond acceptors (Lipinski definition) is 4. The summed E-state index contributed by atoms with van der Waals surface area (Å²) in [4.78, 5) is 23.5. The van der Waals surface area contributed by atoms with Crippen molar-refractivity contribution in [2.75, 3.05) is 0 Å². The van der Waals surface area contributed by atoms with Gasteiger partial charge < -0.3 is 0 Å². The number of aryl methyl sites for hydroxylation is 1. The van der Waals surface area contributed by atoms with E-state index in [4.69, 9.17) is 5.26 Å². The van der Waals surface area contributed by atoms with E-state index < -0.39 is 23.8 Å². The Kier molecular flexibility index (Phi) is 5.50. The van der Waals surface area contributed by atoms with Crippen LogP contribution in [-0.2, 0) is 13.1 Å². The van der Waals surface area contributed by atoms with Crippen molar-refractivity contribution in [3.8, 4) is 6.07 Å². The zero-order valence-corrected chi connectivity index (χ0v) is 11.7. The van der Waals surface area contributed by atoms with E-state index in [1.165, 1.54) is 0 Å². The summed E-state index contributed by atoms with van der Waals surface area (Å²) < 4.78 is 37.5. The molecule has 0 amide bonds. The second-order valence-electron chi connectivity index (χ2n) is 3.88. The van der Waals surface area contributed by atoms with Crippen LogP contribution in [0.4, 0.5) is 13.2 Å². The Balaban J connectivity index is 3.00. The zero-order chi connectivity index (χ0) is 15.3. The van der Waals surface area contributed by atoms with Crippen LogP contribution in [0.25, 0.3) is 0 Å². The predicted molar refractivity (Wildman–Crippen MR) is 66.0 cm³/mol. The zero-order valence-electron chi connectivity index (χ0n) is 10.2. The van der Waals surface area contributed by atoms with Crippen LogP contribution >= 0.6 is 15.9 Å². The third-order valence-electron chi connectivity index (χ3n) is 2.36. The predicted octanol–water partition coefficient (Wildman–Crippen LogP) is 1.42. The summed E-state index contributed by atoms with van der Waals surface area (Å²) in [5.74, 6) is 0. The minimum atomic E-state index is -4.34. The van der Waals surface area contributed by atoms with E-state index in [-0.39, 0.29) is 30.5 Å². The Hall–Kier alpha value is -1.63. The van der Waals surface area contributed by atoms with Gasteiger partial charge >= 0.3 is 11.9 Å². The van der Waals surface area contributed by atoms with Gasteiger partial charge in [-0.25, -0.2) is 9.48 Å². The molecule has 1 aromatic rings. The normalized spacial score (nSPS) is 11.3. The second-order valence-corrected chi connectivity index (χ2v) is 4.63. The third-order valence-corrected chi connectivity index (χ3v) is 2.86. The van der Waals surface area contributed by atoms with Crippen LogP contribution in [0, 0.1) is 11.3 Å². The fourth-order valence-electron chi connectivity index (χ4n) is 1.47. The largest absolute Gasteiger partial charge is 0.389 e. The van der Waals surface area contributed by atoms with Gasteiger partial charge in [0, 0.05) is 13.0 Å². The van der Waals surface area contributed by atoms with Gasteiger partial charge in [-0.2, -0.15) is 23.5 Å². The molecule has 0 atom stereocenters. The van der Waals surface area contributed by atoms with E-state index in [0.717, 1.165) is 4.68 Å². The van der Waals surface area contributed by atoms with Gasteiger partial charge in [0.25, 0.3) is 5.56 Å². The molecule has 0 aliphatic rings. The molecule has 6 nitrogen and oxygen atoms in total. The van der Waals surface area contributed by atoms with E-state index in [1.54, 1.807) is 0 Å². The monoisotopic (exact) mass is 354 g/mol. The molecule has 0 spiro atoms. The smallest absolute Gasteiger partial charge is 0.266 e. The molecule has 0 unspecified atom stereocenters. The van der Waals surface area contributed by atoms with Crippen LogP contribution in [0.3, 0.4) is 0 Å². The molecule has 1 rings (SSSR count). The molecule has 0 N–H and O–H groups in total. The molecule has 20 heavy (non-hydrogen) atoms. The van der Waals surface area contributed by atoms with E-state index in [1.807, 2.05) is 6.07 Å². The van der Waals surface area contributed by atoms with Gasteiger partial charge in [0.15, 0.2) is 4.60 Å². The molecule has 0 saturated carbocycles. The van der Waals surface area contributed by atoms with Crippen LogP contribution in [0.5, 0.6) is 0 Å². The highest BCUT2D eigenvalue weighted by Crippen LogP contribution is 2.21. The first-order chi connectivity index (χ1) is 9.26. The van der Waals surface area contributed by atoms with E-state index in [9.17, 15) is 22.8 Å². The van der Waals surface area contributed by atoms with Crippen molar-refractivity contribution in [1.29, 1.82) is 5.26 Å². The molecule has 1 heterocycles. The van der Waals surface area contributed by atoms with Crippen molar-refractivity contribution < 1.29 is 13.2 Å². The van der Waals surface area contributed by atoms with Gasteiger partial charge in [-0.05, 0) is 22.4 Å². The minimum absolute atomic E-state index is 0.000101. The highest BCUT2D eigenvalue weighted by molar-refractivity contribution is 9.10. The fourth-order valence-corrected chi connectivity index (χ4v) is 1.87. The standard InChI is InChI=1S/C10H10BrF3N4O2/c11-7-8(19)17(5-1-3-10(12,13)14)9(20)18(16-7)6-2-4-15/h1-3,5-6H2. The lowest BCUT2D eigenvalue weighted by atomic mass is 10.3. The molecule has 0 fully saturated rings. The second kappa shape index (κ2) is 6.69. The molecule has 0 aromatic carbocycles.